The first kappa shape index (κ1) is 8.26. The molecule has 1 heterocycles. The molecule has 1 aliphatic rings. The van der Waals surface area contributed by atoms with Crippen LogP contribution in [0.3, 0.4) is 0 Å². The molecule has 0 fully saturated rings. The number of imidazole rings is 1. The highest BCUT2D eigenvalue weighted by Gasteiger charge is 2.11. The van der Waals surface area contributed by atoms with Gasteiger partial charge in [0.15, 0.2) is 0 Å². The zero-order valence-electron chi connectivity index (χ0n) is 7.83. The van der Waals surface area contributed by atoms with Crippen LogP contribution in [-0.2, 0) is 0 Å². The number of allylic oxidation sites excluding steroid dienone is 1. The molecule has 68 valence electrons. The summed E-state index contributed by atoms with van der Waals surface area (Å²) in [5.41, 5.74) is 5.59. The van der Waals surface area contributed by atoms with Crippen molar-refractivity contribution < 1.29 is 0 Å². The zero-order valence-corrected chi connectivity index (χ0v) is 7.83. The van der Waals surface area contributed by atoms with Gasteiger partial charge in [0.2, 0.25) is 0 Å². The van der Waals surface area contributed by atoms with E-state index in [1.165, 1.54) is 0 Å². The Labute approximate surface area is 76.7 Å². The molecule has 3 nitrogen and oxygen atoms in total. The molecule has 0 aromatic carbocycles. The Bertz CT molecular complexity index is 463. The minimum absolute atomic E-state index is 0.399. The Morgan fingerprint density at radius 3 is 3.08 bits per heavy atom. The lowest BCUT2D eigenvalue weighted by Crippen LogP contribution is -2.35. The molecule has 3 N–H and O–H groups in total. The van der Waals surface area contributed by atoms with Crippen molar-refractivity contribution in [2.24, 2.45) is 5.73 Å². The Hall–Kier alpha value is -1.35. The molecule has 13 heavy (non-hydrogen) atoms. The Morgan fingerprint density at radius 2 is 2.31 bits per heavy atom. The van der Waals surface area contributed by atoms with Gasteiger partial charge >= 0.3 is 0 Å². The number of fused-ring (bicyclic) bond motifs is 1. The van der Waals surface area contributed by atoms with Crippen LogP contribution in [0.4, 0.5) is 0 Å². The summed E-state index contributed by atoms with van der Waals surface area (Å²) < 4.78 is 0. The van der Waals surface area contributed by atoms with Crippen molar-refractivity contribution in [3.63, 3.8) is 0 Å². The van der Waals surface area contributed by atoms with Crippen molar-refractivity contribution in [3.8, 4) is 0 Å². The monoisotopic (exact) mass is 175 g/mol. The van der Waals surface area contributed by atoms with Crippen LogP contribution in [0, 0.1) is 6.92 Å². The van der Waals surface area contributed by atoms with Gasteiger partial charge in [-0.2, -0.15) is 0 Å². The Balaban J connectivity index is 2.76. The van der Waals surface area contributed by atoms with Crippen LogP contribution in [0.25, 0.3) is 12.2 Å². The first-order chi connectivity index (χ1) is 6.07. The normalized spacial score (nSPS) is 25.8. The largest absolute Gasteiger partial charge is 0.342 e. The zero-order chi connectivity index (χ0) is 9.47. The molecule has 0 radical (unpaired) electrons. The maximum atomic E-state index is 5.99. The van der Waals surface area contributed by atoms with E-state index >= 15 is 0 Å². The third kappa shape index (κ3) is 1.55. The average Bonchev–Trinajstić information content (AvgIpc) is 2.23. The summed E-state index contributed by atoms with van der Waals surface area (Å²) in [5.74, 6) is 0.920. The second-order valence-electron chi connectivity index (χ2n) is 3.66. The molecule has 0 spiro atoms. The minimum Gasteiger partial charge on any atom is -0.342 e. The molecular weight excluding hydrogens is 162 g/mol. The first-order valence-corrected chi connectivity index (χ1v) is 4.31. The summed E-state index contributed by atoms with van der Waals surface area (Å²) in [6, 6.07) is 0. The molecule has 0 saturated carbocycles. The molecule has 0 amide bonds. The fourth-order valence-corrected chi connectivity index (χ4v) is 1.46. The van der Waals surface area contributed by atoms with E-state index in [0.717, 1.165) is 16.5 Å². The number of aromatic amines is 1. The van der Waals surface area contributed by atoms with E-state index in [0.29, 0.717) is 0 Å². The predicted octanol–water partition coefficient (Wildman–Crippen LogP) is -0.434. The van der Waals surface area contributed by atoms with Gasteiger partial charge in [0.1, 0.15) is 5.82 Å². The first-order valence-electron chi connectivity index (χ1n) is 4.31. The van der Waals surface area contributed by atoms with E-state index in [9.17, 15) is 0 Å². The van der Waals surface area contributed by atoms with Crippen molar-refractivity contribution in [2.75, 3.05) is 0 Å². The summed E-state index contributed by atoms with van der Waals surface area (Å²) >= 11 is 0. The van der Waals surface area contributed by atoms with Gasteiger partial charge in [-0.25, -0.2) is 4.98 Å². The van der Waals surface area contributed by atoms with E-state index in [4.69, 9.17) is 5.73 Å². The van der Waals surface area contributed by atoms with Crippen molar-refractivity contribution >= 4 is 12.2 Å². The fourth-order valence-electron chi connectivity index (χ4n) is 1.46. The predicted molar refractivity (Wildman–Crippen MR) is 53.2 cm³/mol. The van der Waals surface area contributed by atoms with Crippen LogP contribution < -0.4 is 16.4 Å². The van der Waals surface area contributed by atoms with Crippen LogP contribution in [-0.4, -0.2) is 15.5 Å². The van der Waals surface area contributed by atoms with Crippen molar-refractivity contribution in [2.45, 2.75) is 19.4 Å². The van der Waals surface area contributed by atoms with Gasteiger partial charge in [-0.1, -0.05) is 12.2 Å². The van der Waals surface area contributed by atoms with Gasteiger partial charge in [0.25, 0.3) is 0 Å². The third-order valence-corrected chi connectivity index (χ3v) is 2.05. The summed E-state index contributed by atoms with van der Waals surface area (Å²) in [7, 11) is 0. The topological polar surface area (TPSA) is 54.7 Å². The van der Waals surface area contributed by atoms with Gasteiger partial charge in [0.05, 0.1) is 16.2 Å². The average molecular weight is 175 g/mol. The lowest BCUT2D eigenvalue weighted by Gasteiger charge is -2.12. The maximum Gasteiger partial charge on any atom is 0.104 e. The van der Waals surface area contributed by atoms with Crippen molar-refractivity contribution in [3.05, 3.63) is 28.7 Å². The lowest BCUT2D eigenvalue weighted by molar-refractivity contribution is 0.776. The number of rotatable bonds is 0. The molecule has 3 heteroatoms. The number of aryl methyl sites for hydroxylation is 1. The molecule has 1 unspecified atom stereocenters. The van der Waals surface area contributed by atoms with Gasteiger partial charge in [-0.05, 0) is 26.0 Å². The van der Waals surface area contributed by atoms with E-state index in [1.54, 1.807) is 0 Å². The standard InChI is InChI=1S/C10H13N3/c1-7-12-8-4-3-5-10(2,11)6-9(8)13-7/h3-6H,11H2,1-2H3,(H,12,13). The summed E-state index contributed by atoms with van der Waals surface area (Å²) in [6.07, 6.45) is 7.87. The number of H-pyrrole nitrogens is 1. The Kier molecular flexibility index (Phi) is 1.63. The van der Waals surface area contributed by atoms with Crippen LogP contribution >= 0.6 is 0 Å². The Morgan fingerprint density at radius 1 is 1.54 bits per heavy atom. The van der Waals surface area contributed by atoms with Crippen molar-refractivity contribution in [1.29, 1.82) is 0 Å². The van der Waals surface area contributed by atoms with Crippen molar-refractivity contribution in [1.82, 2.24) is 9.97 Å². The number of hydrogen-bond donors (Lipinski definition) is 2. The number of nitrogens with zero attached hydrogens (tertiary/aromatic N) is 1. The molecule has 1 aromatic heterocycles. The van der Waals surface area contributed by atoms with E-state index in [1.807, 2.05) is 38.2 Å². The van der Waals surface area contributed by atoms with Gasteiger partial charge < -0.3 is 10.7 Å². The highest BCUT2D eigenvalue weighted by Crippen LogP contribution is 2.03. The molecule has 0 bridgehead atoms. The van der Waals surface area contributed by atoms with Crippen LogP contribution in [0.5, 0.6) is 0 Å². The number of nitrogens with one attached hydrogen (secondary N) is 1. The van der Waals surface area contributed by atoms with E-state index in [2.05, 4.69) is 9.97 Å². The van der Waals surface area contributed by atoms with Crippen LogP contribution in [0.1, 0.15) is 12.7 Å². The highest BCUT2D eigenvalue weighted by atomic mass is 14.9. The molecule has 1 aromatic rings. The van der Waals surface area contributed by atoms with E-state index in [-0.39, 0.29) is 0 Å². The van der Waals surface area contributed by atoms with Gasteiger partial charge in [-0.3, -0.25) is 0 Å². The smallest absolute Gasteiger partial charge is 0.104 e. The molecule has 1 atom stereocenters. The third-order valence-electron chi connectivity index (χ3n) is 2.05. The van der Waals surface area contributed by atoms with Gasteiger partial charge in [0, 0.05) is 0 Å². The molecular formula is C10H13N3. The fraction of sp³-hybridized carbons (Fsp3) is 0.300. The highest BCUT2D eigenvalue weighted by molar-refractivity contribution is 5.49. The van der Waals surface area contributed by atoms with Gasteiger partial charge in [-0.15, -0.1) is 0 Å². The quantitative estimate of drug-likeness (QED) is 0.562. The minimum atomic E-state index is -0.399. The second-order valence-corrected chi connectivity index (χ2v) is 3.66. The summed E-state index contributed by atoms with van der Waals surface area (Å²) in [4.78, 5) is 7.51. The van der Waals surface area contributed by atoms with Crippen LogP contribution in [0.2, 0.25) is 0 Å². The summed E-state index contributed by atoms with van der Waals surface area (Å²) in [5, 5.41) is 1.97. The molecule has 1 aliphatic carbocycles. The molecule has 0 saturated heterocycles. The molecule has 2 rings (SSSR count). The SMILES string of the molecule is Cc1nc2c([nH]1)=CC=CC(C)(N)C=2. The second kappa shape index (κ2) is 2.57. The molecule has 0 aliphatic heterocycles. The number of hydrogen-bond acceptors (Lipinski definition) is 2. The van der Waals surface area contributed by atoms with E-state index < -0.39 is 5.54 Å². The van der Waals surface area contributed by atoms with Crippen LogP contribution in [0.15, 0.2) is 12.2 Å². The summed E-state index contributed by atoms with van der Waals surface area (Å²) in [6.45, 7) is 3.89. The number of aromatic nitrogens is 2. The lowest BCUT2D eigenvalue weighted by atomic mass is 10.0. The number of nitrogens with two attached hydrogens (primary N) is 1. The maximum absolute atomic E-state index is 5.99.